The van der Waals surface area contributed by atoms with Crippen molar-refractivity contribution >= 4 is 11.9 Å². The van der Waals surface area contributed by atoms with E-state index in [4.69, 9.17) is 28.4 Å². The van der Waals surface area contributed by atoms with Gasteiger partial charge in [0, 0.05) is 0 Å². The maximum absolute atomic E-state index is 13.4. The van der Waals surface area contributed by atoms with Gasteiger partial charge in [0.05, 0.1) is 24.3 Å². The zero-order valence-corrected chi connectivity index (χ0v) is 62.8. The van der Waals surface area contributed by atoms with E-state index in [1.807, 2.05) is 109 Å². The first-order chi connectivity index (χ1) is 51.0. The Morgan fingerprint density at radius 2 is 0.529 bits per heavy atom. The molecule has 6 fully saturated rings. The zero-order valence-electron chi connectivity index (χ0n) is 62.8. The number of carbonyl (C=O) groups excluding carboxylic acids is 2. The van der Waals surface area contributed by atoms with Crippen LogP contribution in [0, 0.1) is 47.3 Å². The van der Waals surface area contributed by atoms with E-state index in [1.165, 1.54) is 182 Å². The van der Waals surface area contributed by atoms with Crippen molar-refractivity contribution in [2.24, 2.45) is 47.3 Å². The SMILES string of the molecule is CC1CCC(C2CCC(c3ccc(OCOCC(OC(=O)c4ccc(C5CCC(C6CCC(C)CC6)CC5)cc4)c4ccccc4)cc3)CC2)CC1.CC1CCC(c2ccc(-c3ccc(OCOCC(OC(=O)c4ccc(-c5ccc(C6CCC(C)CC6)cc5)cc4)c4ccccc4)cc3)cc2)CC1. The molecule has 6 aliphatic rings. The number of hydrogen-bond donors (Lipinski definition) is 0. The van der Waals surface area contributed by atoms with Crippen LogP contribution in [-0.4, -0.2) is 38.7 Å². The molecular formula is C96H116O8. The molecule has 0 spiro atoms. The molecule has 0 heterocycles. The van der Waals surface area contributed by atoms with Crippen molar-refractivity contribution in [1.29, 1.82) is 0 Å². The first kappa shape index (κ1) is 74.5. The highest BCUT2D eigenvalue weighted by Crippen LogP contribution is 2.47. The van der Waals surface area contributed by atoms with E-state index >= 15 is 0 Å². The highest BCUT2D eigenvalue weighted by atomic mass is 16.7. The number of rotatable bonds is 24. The van der Waals surface area contributed by atoms with E-state index in [0.717, 1.165) is 86.7 Å². The van der Waals surface area contributed by atoms with Gasteiger partial charge in [0.25, 0.3) is 0 Å². The fraction of sp³-hybridized carbons (Fsp3) is 0.479. The largest absolute Gasteiger partial charge is 0.468 e. The molecule has 6 saturated carbocycles. The van der Waals surface area contributed by atoms with Crippen LogP contribution in [0.4, 0.5) is 0 Å². The topological polar surface area (TPSA) is 89.5 Å². The minimum absolute atomic E-state index is 0.0439. The van der Waals surface area contributed by atoms with Crippen molar-refractivity contribution in [3.05, 3.63) is 251 Å². The highest BCUT2D eigenvalue weighted by molar-refractivity contribution is 5.90. The van der Waals surface area contributed by atoms with Gasteiger partial charge >= 0.3 is 11.9 Å². The molecule has 548 valence electrons. The van der Waals surface area contributed by atoms with Gasteiger partial charge in [-0.2, -0.15) is 0 Å². The van der Waals surface area contributed by atoms with Crippen LogP contribution in [0.3, 0.4) is 0 Å². The second-order valence-electron chi connectivity index (χ2n) is 32.6. The van der Waals surface area contributed by atoms with E-state index < -0.39 is 12.2 Å². The number of carbonyl (C=O) groups is 2. The summed E-state index contributed by atoms with van der Waals surface area (Å²) in [5, 5.41) is 0. The number of ether oxygens (including phenoxy) is 6. The quantitative estimate of drug-likeness (QED) is 0.0336. The lowest BCUT2D eigenvalue weighted by atomic mass is 9.68. The van der Waals surface area contributed by atoms with Crippen molar-refractivity contribution in [2.45, 2.75) is 218 Å². The van der Waals surface area contributed by atoms with E-state index in [1.54, 1.807) is 0 Å². The Hall–Kier alpha value is -7.78. The third kappa shape index (κ3) is 20.8. The standard InChI is InChI=1S/C48H64O4.C48H52O4/c2*1-34-8-12-36(13-9-34)38-16-20-40(21-17-38)42-24-26-45(27-25-42)48(49)52-47(44-6-4-3-5-7-44)32-50-33-51-46-30-28-43(29-31-46)41-22-18-39(19-23-41)37-14-10-35(2)11-15-37/h3-7,24-31,34-41,47H,8-23,32-33H2,1-2H3;3-7,16-31,34-37,47H,8-15,32-33H2,1-2H3. The minimum Gasteiger partial charge on any atom is -0.468 e. The Kier molecular flexibility index (Phi) is 26.8. The van der Waals surface area contributed by atoms with Gasteiger partial charge in [0.1, 0.15) is 11.5 Å². The van der Waals surface area contributed by atoms with E-state index in [2.05, 4.69) is 125 Å². The van der Waals surface area contributed by atoms with Crippen LogP contribution in [0.1, 0.15) is 272 Å². The Bertz CT molecular complexity index is 3820. The predicted octanol–water partition coefficient (Wildman–Crippen LogP) is 25.4. The van der Waals surface area contributed by atoms with Crippen LogP contribution >= 0.6 is 0 Å². The highest BCUT2D eigenvalue weighted by Gasteiger charge is 2.33. The second kappa shape index (κ2) is 37.5. The number of hydrogen-bond acceptors (Lipinski definition) is 8. The molecule has 0 amide bonds. The summed E-state index contributed by atoms with van der Waals surface area (Å²) in [6, 6.07) is 70.3. The van der Waals surface area contributed by atoms with Gasteiger partial charge in [-0.1, -0.05) is 237 Å². The maximum atomic E-state index is 13.4. The molecule has 14 rings (SSSR count). The fourth-order valence-electron chi connectivity index (χ4n) is 18.4. The van der Waals surface area contributed by atoms with Gasteiger partial charge in [-0.15, -0.1) is 0 Å². The van der Waals surface area contributed by atoms with Gasteiger partial charge in [0.15, 0.2) is 25.8 Å². The molecule has 0 bridgehead atoms. The molecule has 2 unspecified atom stereocenters. The lowest BCUT2D eigenvalue weighted by molar-refractivity contribution is -0.0430. The summed E-state index contributed by atoms with van der Waals surface area (Å²) < 4.78 is 35.9. The monoisotopic (exact) mass is 1400 g/mol. The van der Waals surface area contributed by atoms with Crippen LogP contribution < -0.4 is 9.47 Å². The fourth-order valence-corrected chi connectivity index (χ4v) is 18.4. The molecule has 104 heavy (non-hydrogen) atoms. The molecule has 0 aromatic heterocycles. The van der Waals surface area contributed by atoms with Gasteiger partial charge in [-0.05, 0) is 278 Å². The minimum atomic E-state index is -0.574. The van der Waals surface area contributed by atoms with Crippen LogP contribution in [-0.2, 0) is 18.9 Å². The molecular weight excluding hydrogens is 1280 g/mol. The molecule has 8 aromatic rings. The van der Waals surface area contributed by atoms with Gasteiger partial charge in [-0.3, -0.25) is 0 Å². The Labute approximate surface area is 622 Å². The molecule has 0 saturated heterocycles. The Balaban J connectivity index is 0.000000185. The third-order valence-corrected chi connectivity index (χ3v) is 25.4. The first-order valence-electron chi connectivity index (χ1n) is 40.5. The maximum Gasteiger partial charge on any atom is 0.338 e. The van der Waals surface area contributed by atoms with Crippen molar-refractivity contribution in [3.63, 3.8) is 0 Å². The average Bonchev–Trinajstić information content (AvgIpc) is 0.775. The summed E-state index contributed by atoms with van der Waals surface area (Å²) in [5.41, 5.74) is 13.2. The van der Waals surface area contributed by atoms with Gasteiger partial charge < -0.3 is 28.4 Å². The number of esters is 2. The summed E-state index contributed by atoms with van der Waals surface area (Å²) in [7, 11) is 0. The van der Waals surface area contributed by atoms with Gasteiger partial charge in [-0.25, -0.2) is 9.59 Å². The van der Waals surface area contributed by atoms with Crippen molar-refractivity contribution < 1.29 is 38.0 Å². The van der Waals surface area contributed by atoms with Crippen molar-refractivity contribution in [3.8, 4) is 33.8 Å². The normalized spacial score (nSPS) is 25.6. The van der Waals surface area contributed by atoms with Crippen LogP contribution in [0.25, 0.3) is 22.3 Å². The van der Waals surface area contributed by atoms with Crippen molar-refractivity contribution in [2.75, 3.05) is 26.8 Å². The van der Waals surface area contributed by atoms with E-state index in [0.29, 0.717) is 34.8 Å². The predicted molar refractivity (Wildman–Crippen MR) is 421 cm³/mol. The van der Waals surface area contributed by atoms with Crippen LogP contribution in [0.5, 0.6) is 11.5 Å². The molecule has 0 N–H and O–H groups in total. The third-order valence-electron chi connectivity index (χ3n) is 25.4. The molecule has 0 radical (unpaired) electrons. The number of benzene rings is 8. The summed E-state index contributed by atoms with van der Waals surface area (Å²) in [6.07, 6.45) is 31.5. The van der Waals surface area contributed by atoms with Crippen molar-refractivity contribution in [1.82, 2.24) is 0 Å². The molecule has 6 aliphatic carbocycles. The average molecular weight is 1400 g/mol. The van der Waals surface area contributed by atoms with E-state index in [9.17, 15) is 9.59 Å². The molecule has 8 aromatic carbocycles. The molecule has 8 heteroatoms. The molecule has 8 nitrogen and oxygen atoms in total. The lowest BCUT2D eigenvalue weighted by Crippen LogP contribution is -2.24. The van der Waals surface area contributed by atoms with E-state index in [-0.39, 0.29) is 38.7 Å². The smallest absolute Gasteiger partial charge is 0.338 e. The Morgan fingerprint density at radius 3 is 0.856 bits per heavy atom. The van der Waals surface area contributed by atoms with Crippen LogP contribution in [0.2, 0.25) is 0 Å². The summed E-state index contributed by atoms with van der Waals surface area (Å²) >= 11 is 0. The van der Waals surface area contributed by atoms with Gasteiger partial charge in [0.2, 0.25) is 0 Å². The molecule has 0 aliphatic heterocycles. The zero-order chi connectivity index (χ0) is 71.4. The lowest BCUT2D eigenvalue weighted by Gasteiger charge is -2.37. The summed E-state index contributed by atoms with van der Waals surface area (Å²) in [4.78, 5) is 26.7. The summed E-state index contributed by atoms with van der Waals surface area (Å²) in [6.45, 7) is 10.1. The Morgan fingerprint density at radius 1 is 0.288 bits per heavy atom. The summed E-state index contributed by atoms with van der Waals surface area (Å²) in [5.74, 6) is 10.8. The van der Waals surface area contributed by atoms with Crippen LogP contribution in [0.15, 0.2) is 206 Å². The molecule has 2 atom stereocenters. The first-order valence-corrected chi connectivity index (χ1v) is 40.5. The second-order valence-corrected chi connectivity index (χ2v) is 32.6.